The lowest BCUT2D eigenvalue weighted by Gasteiger charge is -2.11. The lowest BCUT2D eigenvalue weighted by atomic mass is 10.1. The predicted octanol–water partition coefficient (Wildman–Crippen LogP) is 3.20. The van der Waals surface area contributed by atoms with Crippen LogP contribution in [0.25, 0.3) is 11.3 Å². The first-order chi connectivity index (χ1) is 12.2. The van der Waals surface area contributed by atoms with Crippen LogP contribution in [-0.4, -0.2) is 24.3 Å². The van der Waals surface area contributed by atoms with Crippen LogP contribution in [0.4, 0.5) is 17.1 Å². The molecule has 7 heteroatoms. The highest BCUT2D eigenvalue weighted by atomic mass is 16.3. The van der Waals surface area contributed by atoms with Crippen LogP contribution >= 0.6 is 0 Å². The van der Waals surface area contributed by atoms with Gasteiger partial charge in [0.25, 0.3) is 5.91 Å². The molecule has 0 saturated heterocycles. The van der Waals surface area contributed by atoms with E-state index in [9.17, 15) is 9.59 Å². The van der Waals surface area contributed by atoms with Crippen molar-refractivity contribution in [3.63, 3.8) is 0 Å². The van der Waals surface area contributed by atoms with Gasteiger partial charge in [-0.3, -0.25) is 14.6 Å². The largest absolute Gasteiger partial charge is 0.472 e. The van der Waals surface area contributed by atoms with Gasteiger partial charge < -0.3 is 20.4 Å². The Labute approximate surface area is 144 Å². The molecule has 0 bridgehead atoms. The SMILES string of the molecule is CNc1cc(NC(=O)c2ccc(-c3ccoc3)nc2)ccc1NC=O. The van der Waals surface area contributed by atoms with Crippen molar-refractivity contribution in [2.75, 3.05) is 23.0 Å². The Morgan fingerprint density at radius 3 is 2.68 bits per heavy atom. The molecule has 2 heterocycles. The zero-order chi connectivity index (χ0) is 17.6. The second-order valence-electron chi connectivity index (χ2n) is 5.17. The summed E-state index contributed by atoms with van der Waals surface area (Å²) in [6.45, 7) is 0. The third kappa shape index (κ3) is 3.66. The molecular formula is C18H16N4O3. The molecule has 3 N–H and O–H groups in total. The van der Waals surface area contributed by atoms with Gasteiger partial charge in [0.1, 0.15) is 0 Å². The van der Waals surface area contributed by atoms with E-state index in [0.29, 0.717) is 29.0 Å². The Balaban J connectivity index is 1.74. The fraction of sp³-hybridized carbons (Fsp3) is 0.0556. The van der Waals surface area contributed by atoms with Gasteiger partial charge in [-0.2, -0.15) is 0 Å². The van der Waals surface area contributed by atoms with Crippen LogP contribution in [0.15, 0.2) is 59.5 Å². The summed E-state index contributed by atoms with van der Waals surface area (Å²) in [4.78, 5) is 27.2. The number of pyridine rings is 1. The van der Waals surface area contributed by atoms with E-state index in [1.54, 1.807) is 56.0 Å². The third-order valence-electron chi connectivity index (χ3n) is 3.60. The molecule has 2 amide bonds. The Morgan fingerprint density at radius 1 is 1.16 bits per heavy atom. The number of hydrogen-bond acceptors (Lipinski definition) is 5. The molecule has 0 unspecified atom stereocenters. The van der Waals surface area contributed by atoms with Crippen LogP contribution in [0.2, 0.25) is 0 Å². The van der Waals surface area contributed by atoms with Crippen LogP contribution < -0.4 is 16.0 Å². The minimum atomic E-state index is -0.274. The summed E-state index contributed by atoms with van der Waals surface area (Å²) in [5.74, 6) is -0.274. The van der Waals surface area contributed by atoms with Crippen molar-refractivity contribution in [3.8, 4) is 11.3 Å². The zero-order valence-corrected chi connectivity index (χ0v) is 13.4. The maximum absolute atomic E-state index is 12.4. The number of benzene rings is 1. The lowest BCUT2D eigenvalue weighted by molar-refractivity contribution is -0.105. The molecule has 1 aromatic carbocycles. The van der Waals surface area contributed by atoms with Crippen molar-refractivity contribution in [1.82, 2.24) is 4.98 Å². The fourth-order valence-corrected chi connectivity index (χ4v) is 2.33. The fourth-order valence-electron chi connectivity index (χ4n) is 2.33. The summed E-state index contributed by atoms with van der Waals surface area (Å²) in [7, 11) is 1.73. The second-order valence-corrected chi connectivity index (χ2v) is 5.17. The first kappa shape index (κ1) is 16.3. The molecule has 2 aromatic heterocycles. The third-order valence-corrected chi connectivity index (χ3v) is 3.60. The summed E-state index contributed by atoms with van der Waals surface area (Å²) in [5, 5.41) is 8.35. The standard InChI is InChI=1S/C18H16N4O3/c1-19-17-8-14(3-5-16(17)21-11-23)22-18(24)12-2-4-15(20-9-12)13-6-7-25-10-13/h2-11,19H,1H3,(H,21,23)(H,22,24). The van der Waals surface area contributed by atoms with Crippen molar-refractivity contribution < 1.29 is 14.0 Å². The van der Waals surface area contributed by atoms with E-state index in [2.05, 4.69) is 20.9 Å². The van der Waals surface area contributed by atoms with E-state index < -0.39 is 0 Å². The molecule has 0 spiro atoms. The predicted molar refractivity (Wildman–Crippen MR) is 95.6 cm³/mol. The molecule has 25 heavy (non-hydrogen) atoms. The number of carbonyl (C=O) groups is 2. The first-order valence-corrected chi connectivity index (χ1v) is 7.53. The second kappa shape index (κ2) is 7.31. The summed E-state index contributed by atoms with van der Waals surface area (Å²) in [6.07, 6.45) is 5.27. The van der Waals surface area contributed by atoms with E-state index in [-0.39, 0.29) is 5.91 Å². The molecule has 0 atom stereocenters. The minimum absolute atomic E-state index is 0.274. The van der Waals surface area contributed by atoms with E-state index in [1.807, 2.05) is 0 Å². The van der Waals surface area contributed by atoms with Crippen molar-refractivity contribution in [2.24, 2.45) is 0 Å². The molecule has 0 radical (unpaired) electrons. The molecule has 3 aromatic rings. The van der Waals surface area contributed by atoms with Crippen molar-refractivity contribution in [3.05, 3.63) is 60.7 Å². The Morgan fingerprint density at radius 2 is 2.04 bits per heavy atom. The normalized spacial score (nSPS) is 10.1. The lowest BCUT2D eigenvalue weighted by Crippen LogP contribution is -2.12. The number of rotatable bonds is 6. The van der Waals surface area contributed by atoms with Crippen LogP contribution in [-0.2, 0) is 4.79 Å². The molecule has 0 aliphatic heterocycles. The highest BCUT2D eigenvalue weighted by Gasteiger charge is 2.09. The van der Waals surface area contributed by atoms with E-state index in [4.69, 9.17) is 4.42 Å². The zero-order valence-electron chi connectivity index (χ0n) is 13.4. The van der Waals surface area contributed by atoms with Crippen molar-refractivity contribution >= 4 is 29.4 Å². The number of furan rings is 1. The van der Waals surface area contributed by atoms with Crippen LogP contribution in [0.1, 0.15) is 10.4 Å². The van der Waals surface area contributed by atoms with Gasteiger partial charge in [0.05, 0.1) is 35.2 Å². The van der Waals surface area contributed by atoms with Crippen molar-refractivity contribution in [1.29, 1.82) is 0 Å². The molecule has 3 rings (SSSR count). The van der Waals surface area contributed by atoms with Crippen LogP contribution in [0.3, 0.4) is 0 Å². The van der Waals surface area contributed by atoms with Crippen LogP contribution in [0, 0.1) is 0 Å². The molecule has 0 aliphatic carbocycles. The molecular weight excluding hydrogens is 320 g/mol. The van der Waals surface area contributed by atoms with Gasteiger partial charge in [-0.05, 0) is 36.4 Å². The number of hydrogen-bond donors (Lipinski definition) is 3. The maximum Gasteiger partial charge on any atom is 0.257 e. The quantitative estimate of drug-likeness (QED) is 0.601. The average Bonchev–Trinajstić information content (AvgIpc) is 3.18. The summed E-state index contributed by atoms with van der Waals surface area (Å²) in [5.41, 5.74) is 3.94. The molecule has 0 aliphatic rings. The Kier molecular flexibility index (Phi) is 4.75. The number of nitrogens with one attached hydrogen (secondary N) is 3. The summed E-state index contributed by atoms with van der Waals surface area (Å²) < 4.78 is 5.02. The molecule has 126 valence electrons. The number of nitrogens with zero attached hydrogens (tertiary/aromatic N) is 1. The Hall–Kier alpha value is -3.61. The number of anilines is 3. The van der Waals surface area contributed by atoms with Gasteiger partial charge >= 0.3 is 0 Å². The molecule has 0 fully saturated rings. The highest BCUT2D eigenvalue weighted by molar-refractivity contribution is 6.04. The first-order valence-electron chi connectivity index (χ1n) is 7.53. The van der Waals surface area contributed by atoms with E-state index in [1.165, 1.54) is 6.20 Å². The summed E-state index contributed by atoms with van der Waals surface area (Å²) in [6, 6.07) is 10.4. The van der Waals surface area contributed by atoms with Gasteiger partial charge in [-0.15, -0.1) is 0 Å². The Bertz CT molecular complexity index is 874. The van der Waals surface area contributed by atoms with Gasteiger partial charge in [-0.25, -0.2) is 0 Å². The van der Waals surface area contributed by atoms with Gasteiger partial charge in [-0.1, -0.05) is 0 Å². The minimum Gasteiger partial charge on any atom is -0.472 e. The van der Waals surface area contributed by atoms with E-state index in [0.717, 1.165) is 11.3 Å². The van der Waals surface area contributed by atoms with Gasteiger partial charge in [0.2, 0.25) is 6.41 Å². The molecule has 0 saturated carbocycles. The highest BCUT2D eigenvalue weighted by Crippen LogP contribution is 2.25. The average molecular weight is 336 g/mol. The van der Waals surface area contributed by atoms with Gasteiger partial charge in [0.15, 0.2) is 0 Å². The van der Waals surface area contributed by atoms with Crippen LogP contribution in [0.5, 0.6) is 0 Å². The van der Waals surface area contributed by atoms with Crippen molar-refractivity contribution in [2.45, 2.75) is 0 Å². The van der Waals surface area contributed by atoms with Gasteiger partial charge in [0, 0.05) is 24.5 Å². The number of carbonyl (C=O) groups excluding carboxylic acids is 2. The monoisotopic (exact) mass is 336 g/mol. The number of aromatic nitrogens is 1. The summed E-state index contributed by atoms with van der Waals surface area (Å²) >= 11 is 0. The maximum atomic E-state index is 12.4. The van der Waals surface area contributed by atoms with E-state index >= 15 is 0 Å². The molecule has 7 nitrogen and oxygen atoms in total. The topological polar surface area (TPSA) is 96.3 Å². The smallest absolute Gasteiger partial charge is 0.257 e. The number of amides is 2.